The zero-order chi connectivity index (χ0) is 21.5. The predicted octanol–water partition coefficient (Wildman–Crippen LogP) is 7.89. The van der Waals surface area contributed by atoms with Crippen LogP contribution in [0.4, 0.5) is 0 Å². The first-order valence-corrected chi connectivity index (χ1v) is 16.6. The number of halogens is 1. The second-order valence-corrected chi connectivity index (χ2v) is 14.4. The lowest BCUT2D eigenvalue weighted by atomic mass is 10.0. The molecular weight excluding hydrogens is 494 g/mol. The van der Waals surface area contributed by atoms with Gasteiger partial charge >= 0.3 is 0 Å². The van der Waals surface area contributed by atoms with Crippen LogP contribution in [0.3, 0.4) is 0 Å². The van der Waals surface area contributed by atoms with E-state index in [1.54, 1.807) is 31.1 Å². The van der Waals surface area contributed by atoms with Gasteiger partial charge in [-0.2, -0.15) is 0 Å². The Hall–Kier alpha value is 1.16. The monoisotopic (exact) mass is 554 g/mol. The summed E-state index contributed by atoms with van der Waals surface area (Å²) in [5.41, 5.74) is 0. The molecule has 0 saturated carbocycles. The molecule has 0 aliphatic heterocycles. The summed E-state index contributed by atoms with van der Waals surface area (Å²) in [6.45, 7) is 9.48. The SMILES string of the molecule is CCCCCCCCCCCCCCCC[P+](CCCC)(CCCC)CCCC.[I-]. The molecule has 0 aromatic rings. The van der Waals surface area contributed by atoms with E-state index in [1.165, 1.54) is 122 Å². The zero-order valence-electron chi connectivity index (χ0n) is 21.8. The highest BCUT2D eigenvalue weighted by Gasteiger charge is 2.34. The third-order valence-electron chi connectivity index (χ3n) is 6.94. The summed E-state index contributed by atoms with van der Waals surface area (Å²) < 4.78 is 0. The molecule has 0 N–H and O–H groups in total. The number of rotatable bonds is 24. The Bertz CT molecular complexity index is 283. The largest absolute Gasteiger partial charge is 1.00 e. The van der Waals surface area contributed by atoms with E-state index in [-0.39, 0.29) is 24.0 Å². The van der Waals surface area contributed by atoms with Crippen LogP contribution >= 0.6 is 7.26 Å². The molecule has 0 atom stereocenters. The lowest BCUT2D eigenvalue weighted by molar-refractivity contribution is -0.00000667. The van der Waals surface area contributed by atoms with Crippen LogP contribution in [0.25, 0.3) is 0 Å². The van der Waals surface area contributed by atoms with E-state index in [0.717, 1.165) is 0 Å². The molecule has 0 aromatic carbocycles. The maximum atomic E-state index is 2.39. The predicted molar refractivity (Wildman–Crippen MR) is 141 cm³/mol. The van der Waals surface area contributed by atoms with Crippen LogP contribution in [0.1, 0.15) is 156 Å². The van der Waals surface area contributed by atoms with E-state index in [1.807, 2.05) is 0 Å². The van der Waals surface area contributed by atoms with Crippen LogP contribution in [0.2, 0.25) is 0 Å². The highest BCUT2D eigenvalue weighted by atomic mass is 127. The maximum Gasteiger partial charge on any atom is 0.0594 e. The molecule has 0 spiro atoms. The first-order valence-electron chi connectivity index (χ1n) is 14.1. The van der Waals surface area contributed by atoms with Crippen molar-refractivity contribution in [2.24, 2.45) is 0 Å². The van der Waals surface area contributed by atoms with Gasteiger partial charge < -0.3 is 24.0 Å². The highest BCUT2D eigenvalue weighted by molar-refractivity contribution is 7.75. The van der Waals surface area contributed by atoms with E-state index < -0.39 is 7.26 Å². The van der Waals surface area contributed by atoms with Crippen molar-refractivity contribution in [2.45, 2.75) is 156 Å². The Labute approximate surface area is 211 Å². The van der Waals surface area contributed by atoms with E-state index >= 15 is 0 Å². The van der Waals surface area contributed by atoms with Gasteiger partial charge in [0.15, 0.2) is 0 Å². The van der Waals surface area contributed by atoms with Gasteiger partial charge in [-0.15, -0.1) is 0 Å². The molecule has 0 aliphatic carbocycles. The third-order valence-corrected chi connectivity index (χ3v) is 12.0. The van der Waals surface area contributed by atoms with Crippen molar-refractivity contribution in [1.29, 1.82) is 0 Å². The van der Waals surface area contributed by atoms with E-state index in [2.05, 4.69) is 27.7 Å². The Kier molecular flexibility index (Phi) is 29.3. The topological polar surface area (TPSA) is 0 Å². The second-order valence-electron chi connectivity index (χ2n) is 9.89. The Morgan fingerprint density at radius 3 is 0.833 bits per heavy atom. The van der Waals surface area contributed by atoms with Crippen LogP contribution in [-0.4, -0.2) is 24.6 Å². The summed E-state index contributed by atoms with van der Waals surface area (Å²) in [6, 6.07) is 0. The number of hydrogen-bond acceptors (Lipinski definition) is 0. The fourth-order valence-corrected chi connectivity index (χ4v) is 9.99. The van der Waals surface area contributed by atoms with Crippen LogP contribution in [-0.2, 0) is 0 Å². The minimum Gasteiger partial charge on any atom is -1.00 e. The molecule has 0 fully saturated rings. The minimum absolute atomic E-state index is 0. The molecular formula is C28H60IP. The number of unbranched alkanes of at least 4 members (excludes halogenated alkanes) is 16. The Morgan fingerprint density at radius 2 is 0.533 bits per heavy atom. The molecule has 0 aromatic heterocycles. The molecule has 0 rings (SSSR count). The summed E-state index contributed by atoms with van der Waals surface area (Å²) >= 11 is 0. The molecule has 184 valence electrons. The maximum absolute atomic E-state index is 2.39. The summed E-state index contributed by atoms with van der Waals surface area (Å²) in [6.07, 6.45) is 36.0. The van der Waals surface area contributed by atoms with Crippen molar-refractivity contribution in [3.63, 3.8) is 0 Å². The Morgan fingerprint density at radius 1 is 0.300 bits per heavy atom. The van der Waals surface area contributed by atoms with E-state index in [0.29, 0.717) is 0 Å². The van der Waals surface area contributed by atoms with Gasteiger partial charge in [0.05, 0.1) is 24.6 Å². The molecule has 0 nitrogen and oxygen atoms in total. The minimum atomic E-state index is -0.630. The van der Waals surface area contributed by atoms with E-state index in [9.17, 15) is 0 Å². The van der Waals surface area contributed by atoms with Gasteiger partial charge in [-0.1, -0.05) is 124 Å². The average Bonchev–Trinajstić information content (AvgIpc) is 2.74. The average molecular weight is 555 g/mol. The van der Waals surface area contributed by atoms with Gasteiger partial charge in [0.1, 0.15) is 0 Å². The second kappa shape index (κ2) is 26.4. The third kappa shape index (κ3) is 21.0. The molecule has 0 radical (unpaired) electrons. The van der Waals surface area contributed by atoms with Crippen molar-refractivity contribution >= 4 is 7.26 Å². The van der Waals surface area contributed by atoms with Gasteiger partial charge in [0.2, 0.25) is 0 Å². The van der Waals surface area contributed by atoms with Gasteiger partial charge in [-0.3, -0.25) is 0 Å². The lowest BCUT2D eigenvalue weighted by Crippen LogP contribution is -3.00. The summed E-state index contributed by atoms with van der Waals surface area (Å²) in [4.78, 5) is 0. The normalized spacial score (nSPS) is 11.6. The lowest BCUT2D eigenvalue weighted by Gasteiger charge is -2.28. The van der Waals surface area contributed by atoms with Gasteiger partial charge in [0, 0.05) is 7.26 Å². The quantitative estimate of drug-likeness (QED) is 0.0647. The van der Waals surface area contributed by atoms with Crippen molar-refractivity contribution in [2.75, 3.05) is 24.6 Å². The molecule has 0 aliphatic rings. The zero-order valence-corrected chi connectivity index (χ0v) is 24.8. The molecule has 0 heterocycles. The van der Waals surface area contributed by atoms with Crippen molar-refractivity contribution in [1.82, 2.24) is 0 Å². The van der Waals surface area contributed by atoms with Gasteiger partial charge in [0.25, 0.3) is 0 Å². The van der Waals surface area contributed by atoms with Gasteiger partial charge in [-0.25, -0.2) is 0 Å². The molecule has 0 saturated heterocycles. The van der Waals surface area contributed by atoms with Crippen LogP contribution in [0.5, 0.6) is 0 Å². The highest BCUT2D eigenvalue weighted by Crippen LogP contribution is 2.61. The number of hydrogen-bond donors (Lipinski definition) is 0. The molecule has 30 heavy (non-hydrogen) atoms. The summed E-state index contributed by atoms with van der Waals surface area (Å²) in [7, 11) is -0.630. The van der Waals surface area contributed by atoms with Crippen LogP contribution in [0.15, 0.2) is 0 Å². The van der Waals surface area contributed by atoms with Crippen molar-refractivity contribution in [3.05, 3.63) is 0 Å². The Balaban J connectivity index is 0. The van der Waals surface area contributed by atoms with Gasteiger partial charge in [-0.05, 0) is 32.1 Å². The molecule has 0 amide bonds. The molecule has 2 heteroatoms. The smallest absolute Gasteiger partial charge is 0.0594 e. The fraction of sp³-hybridized carbons (Fsp3) is 1.00. The van der Waals surface area contributed by atoms with Crippen molar-refractivity contribution in [3.8, 4) is 0 Å². The van der Waals surface area contributed by atoms with Crippen LogP contribution < -0.4 is 24.0 Å². The molecule has 0 unspecified atom stereocenters. The first kappa shape index (κ1) is 33.3. The van der Waals surface area contributed by atoms with E-state index in [4.69, 9.17) is 0 Å². The fourth-order valence-electron chi connectivity index (χ4n) is 4.79. The molecule has 0 bridgehead atoms. The van der Waals surface area contributed by atoms with Crippen molar-refractivity contribution < 1.29 is 24.0 Å². The standard InChI is InChI=1S/C28H60P.HI/c1-5-9-13-14-15-16-17-18-19-20-21-22-23-24-28-29(25-10-6-2,26-11-7-3)27-12-8-4;/h5-28H2,1-4H3;1H/q+1;/p-1. The first-order chi connectivity index (χ1) is 14.2. The van der Waals surface area contributed by atoms with Crippen LogP contribution in [0, 0.1) is 0 Å². The summed E-state index contributed by atoms with van der Waals surface area (Å²) in [5.74, 6) is 0. The summed E-state index contributed by atoms with van der Waals surface area (Å²) in [5, 5.41) is 0.